The Morgan fingerprint density at radius 1 is 1.35 bits per heavy atom. The van der Waals surface area contributed by atoms with Crippen LogP contribution in [0.2, 0.25) is 0 Å². The molecule has 0 radical (unpaired) electrons. The first-order chi connectivity index (χ1) is 9.14. The lowest BCUT2D eigenvalue weighted by Crippen LogP contribution is -2.33. The molecule has 0 aromatic carbocycles. The summed E-state index contributed by atoms with van der Waals surface area (Å²) in [6, 6.07) is 1.67. The highest BCUT2D eigenvalue weighted by molar-refractivity contribution is 5.99. The molecule has 0 spiro atoms. The van der Waals surface area contributed by atoms with E-state index in [0.717, 1.165) is 23.4 Å². The third-order valence-electron chi connectivity index (χ3n) is 4.11. The fourth-order valence-corrected chi connectivity index (χ4v) is 3.20. The molecule has 1 aliphatic carbocycles. The Bertz CT molecular complexity index is 567. The normalized spacial score (nSPS) is 18.6. The molecule has 4 nitrogen and oxygen atoms in total. The molecule has 0 N–H and O–H groups in total. The number of aromatic nitrogens is 1. The van der Waals surface area contributed by atoms with Gasteiger partial charge in [-0.05, 0) is 31.7 Å². The number of aryl methyl sites for hydroxylation is 1. The second-order valence-corrected chi connectivity index (χ2v) is 6.87. The number of hydrogen-bond acceptors (Lipinski definition) is 2. The van der Waals surface area contributed by atoms with Gasteiger partial charge < -0.3 is 9.47 Å². The van der Waals surface area contributed by atoms with Crippen molar-refractivity contribution >= 4 is 11.7 Å². The molecule has 4 heteroatoms. The van der Waals surface area contributed by atoms with Crippen molar-refractivity contribution in [3.63, 3.8) is 0 Å². The standard InChI is InChI=1S/C16H24N2O2/c1-10-7-12-13(8-16(3,4)9-14(12)19)18(10)11(2)15(20)17(5)6/h7,11H,8-9H2,1-6H3. The van der Waals surface area contributed by atoms with Gasteiger partial charge >= 0.3 is 0 Å². The zero-order valence-corrected chi connectivity index (χ0v) is 13.3. The van der Waals surface area contributed by atoms with Crippen molar-refractivity contribution in [1.82, 2.24) is 9.47 Å². The summed E-state index contributed by atoms with van der Waals surface area (Å²) in [4.78, 5) is 26.1. The second-order valence-electron chi connectivity index (χ2n) is 6.87. The molecule has 0 saturated heterocycles. The quantitative estimate of drug-likeness (QED) is 0.833. The summed E-state index contributed by atoms with van der Waals surface area (Å²) in [5.74, 6) is 0.255. The Morgan fingerprint density at radius 3 is 2.50 bits per heavy atom. The third kappa shape index (κ3) is 2.39. The Labute approximate surface area is 120 Å². The monoisotopic (exact) mass is 276 g/mol. The molecule has 20 heavy (non-hydrogen) atoms. The molecular weight excluding hydrogens is 252 g/mol. The lowest BCUT2D eigenvalue weighted by Gasteiger charge is -2.31. The van der Waals surface area contributed by atoms with E-state index in [-0.39, 0.29) is 23.1 Å². The van der Waals surface area contributed by atoms with Crippen LogP contribution in [0.1, 0.15) is 55.0 Å². The van der Waals surface area contributed by atoms with Crippen molar-refractivity contribution < 1.29 is 9.59 Å². The van der Waals surface area contributed by atoms with Crippen molar-refractivity contribution in [1.29, 1.82) is 0 Å². The first kappa shape index (κ1) is 14.8. The van der Waals surface area contributed by atoms with Crippen molar-refractivity contribution in [2.45, 2.75) is 46.6 Å². The van der Waals surface area contributed by atoms with E-state index < -0.39 is 0 Å². The maximum Gasteiger partial charge on any atom is 0.244 e. The van der Waals surface area contributed by atoms with Crippen LogP contribution >= 0.6 is 0 Å². The lowest BCUT2D eigenvalue weighted by atomic mass is 9.76. The smallest absolute Gasteiger partial charge is 0.244 e. The molecule has 1 aliphatic rings. The average Bonchev–Trinajstić information content (AvgIpc) is 2.62. The molecule has 1 atom stereocenters. The Hall–Kier alpha value is -1.58. The molecular formula is C16H24N2O2. The lowest BCUT2D eigenvalue weighted by molar-refractivity contribution is -0.131. The fourth-order valence-electron chi connectivity index (χ4n) is 3.20. The van der Waals surface area contributed by atoms with Crippen LogP contribution in [-0.2, 0) is 11.2 Å². The highest BCUT2D eigenvalue weighted by Crippen LogP contribution is 2.37. The molecule has 0 saturated carbocycles. The van der Waals surface area contributed by atoms with Crippen molar-refractivity contribution in [2.24, 2.45) is 5.41 Å². The van der Waals surface area contributed by atoms with Gasteiger partial charge in [0.05, 0.1) is 0 Å². The van der Waals surface area contributed by atoms with Crippen LogP contribution in [-0.4, -0.2) is 35.3 Å². The number of carbonyl (C=O) groups excluding carboxylic acids is 2. The van der Waals surface area contributed by atoms with Gasteiger partial charge in [-0.15, -0.1) is 0 Å². The Balaban J connectivity index is 2.52. The molecule has 0 bridgehead atoms. The van der Waals surface area contributed by atoms with Gasteiger partial charge in [0.2, 0.25) is 5.91 Å². The van der Waals surface area contributed by atoms with Crippen LogP contribution in [0.25, 0.3) is 0 Å². The molecule has 0 aliphatic heterocycles. The van der Waals surface area contributed by atoms with Gasteiger partial charge in [-0.1, -0.05) is 13.8 Å². The largest absolute Gasteiger partial charge is 0.347 e. The Kier molecular flexibility index (Phi) is 3.53. The van der Waals surface area contributed by atoms with Crippen LogP contribution in [0.4, 0.5) is 0 Å². The summed E-state index contributed by atoms with van der Waals surface area (Å²) in [7, 11) is 3.53. The van der Waals surface area contributed by atoms with Gasteiger partial charge in [-0.3, -0.25) is 9.59 Å². The van der Waals surface area contributed by atoms with E-state index in [1.165, 1.54) is 0 Å². The van der Waals surface area contributed by atoms with Crippen LogP contribution in [0.15, 0.2) is 6.07 Å². The molecule has 2 rings (SSSR count). The average molecular weight is 276 g/mol. The van der Waals surface area contributed by atoms with Crippen LogP contribution in [0.3, 0.4) is 0 Å². The number of carbonyl (C=O) groups is 2. The summed E-state index contributed by atoms with van der Waals surface area (Å²) < 4.78 is 2.04. The van der Waals surface area contributed by atoms with E-state index in [2.05, 4.69) is 13.8 Å². The minimum atomic E-state index is -0.268. The van der Waals surface area contributed by atoms with Crippen molar-refractivity contribution in [2.75, 3.05) is 14.1 Å². The van der Waals surface area contributed by atoms with E-state index in [0.29, 0.717) is 6.42 Å². The van der Waals surface area contributed by atoms with E-state index in [1.54, 1.807) is 19.0 Å². The SMILES string of the molecule is Cc1cc2c(n1C(C)C(=O)N(C)C)CC(C)(C)CC2=O. The van der Waals surface area contributed by atoms with Gasteiger partial charge in [-0.25, -0.2) is 0 Å². The first-order valence-electron chi connectivity index (χ1n) is 7.09. The molecule has 1 aromatic heterocycles. The summed E-state index contributed by atoms with van der Waals surface area (Å²) in [6.45, 7) is 8.09. The fraction of sp³-hybridized carbons (Fsp3) is 0.625. The predicted octanol–water partition coefficient (Wildman–Crippen LogP) is 2.60. The van der Waals surface area contributed by atoms with Crippen molar-refractivity contribution in [3.8, 4) is 0 Å². The topological polar surface area (TPSA) is 42.3 Å². The highest BCUT2D eigenvalue weighted by atomic mass is 16.2. The van der Waals surface area contributed by atoms with Gasteiger partial charge in [0.15, 0.2) is 5.78 Å². The third-order valence-corrected chi connectivity index (χ3v) is 4.11. The predicted molar refractivity (Wildman–Crippen MR) is 79.0 cm³/mol. The van der Waals surface area contributed by atoms with E-state index in [1.807, 2.05) is 24.5 Å². The number of Topliss-reactive ketones (excluding diaryl/α,β-unsaturated/α-hetero) is 1. The first-order valence-corrected chi connectivity index (χ1v) is 7.09. The second kappa shape index (κ2) is 4.76. The highest BCUT2D eigenvalue weighted by Gasteiger charge is 2.35. The zero-order valence-electron chi connectivity index (χ0n) is 13.3. The van der Waals surface area contributed by atoms with Gasteiger partial charge in [-0.2, -0.15) is 0 Å². The number of amides is 1. The number of ketones is 1. The molecule has 110 valence electrons. The maximum absolute atomic E-state index is 12.3. The maximum atomic E-state index is 12.3. The molecule has 0 fully saturated rings. The summed E-state index contributed by atoms with van der Waals surface area (Å²) in [6.07, 6.45) is 1.42. The number of likely N-dealkylation sites (N-methyl/N-ethyl adjacent to an activating group) is 1. The molecule has 1 amide bonds. The van der Waals surface area contributed by atoms with Gasteiger partial charge in [0.1, 0.15) is 6.04 Å². The molecule has 1 heterocycles. The number of fused-ring (bicyclic) bond motifs is 1. The summed E-state index contributed by atoms with van der Waals surface area (Å²) >= 11 is 0. The minimum absolute atomic E-state index is 0.0342. The molecule has 1 aromatic rings. The van der Waals surface area contributed by atoms with Gasteiger partial charge in [0, 0.05) is 37.5 Å². The summed E-state index contributed by atoms with van der Waals surface area (Å²) in [5.41, 5.74) is 2.78. The number of nitrogens with zero attached hydrogens (tertiary/aromatic N) is 2. The van der Waals surface area contributed by atoms with Gasteiger partial charge in [0.25, 0.3) is 0 Å². The zero-order chi connectivity index (χ0) is 15.2. The van der Waals surface area contributed by atoms with Crippen molar-refractivity contribution in [3.05, 3.63) is 23.0 Å². The van der Waals surface area contributed by atoms with E-state index in [4.69, 9.17) is 0 Å². The van der Waals surface area contributed by atoms with Crippen LogP contribution < -0.4 is 0 Å². The summed E-state index contributed by atoms with van der Waals surface area (Å²) in [5, 5.41) is 0. The number of hydrogen-bond donors (Lipinski definition) is 0. The van der Waals surface area contributed by atoms with Crippen LogP contribution in [0, 0.1) is 12.3 Å². The number of rotatable bonds is 2. The minimum Gasteiger partial charge on any atom is -0.347 e. The Morgan fingerprint density at radius 2 is 1.95 bits per heavy atom. The van der Waals surface area contributed by atoms with E-state index in [9.17, 15) is 9.59 Å². The van der Waals surface area contributed by atoms with E-state index >= 15 is 0 Å². The molecule has 1 unspecified atom stereocenters. The van der Waals surface area contributed by atoms with Crippen LogP contribution in [0.5, 0.6) is 0 Å².